The van der Waals surface area contributed by atoms with E-state index in [0.29, 0.717) is 14.9 Å². The molecule has 4 rings (SSSR count). The molecule has 0 saturated heterocycles. The number of fused-ring (bicyclic) bond motifs is 1. The lowest BCUT2D eigenvalue weighted by molar-refractivity contribution is 0.0525. The third kappa shape index (κ3) is 4.22. The van der Waals surface area contributed by atoms with E-state index in [0.717, 1.165) is 28.9 Å². The van der Waals surface area contributed by atoms with E-state index in [9.17, 15) is 9.90 Å². The second kappa shape index (κ2) is 8.96. The number of para-hydroxylation sites is 1. The first-order chi connectivity index (χ1) is 15.0. The van der Waals surface area contributed by atoms with Crippen LogP contribution in [-0.4, -0.2) is 23.9 Å². The molecular weight excluding hydrogens is 432 g/mol. The standard InChI is InChI=1S/C24H21ClN2O3S/c1-3-14-6-5-7-18-15(13-26-21(14)18)12-19-22(28)20(24(29)30-4-2)23(31-19)27-17-10-8-16(25)9-11-17/h5-13,27-28H,3-4H2,1-2H3. The molecule has 0 aliphatic carbocycles. The van der Waals surface area contributed by atoms with Gasteiger partial charge in [-0.3, -0.25) is 4.99 Å². The highest BCUT2D eigenvalue weighted by Crippen LogP contribution is 2.44. The van der Waals surface area contributed by atoms with Crippen molar-refractivity contribution in [3.8, 4) is 5.75 Å². The molecule has 0 bridgehead atoms. The van der Waals surface area contributed by atoms with Gasteiger partial charge in [0.1, 0.15) is 16.3 Å². The van der Waals surface area contributed by atoms with Crippen LogP contribution in [0, 0.1) is 0 Å². The van der Waals surface area contributed by atoms with Gasteiger partial charge in [-0.1, -0.05) is 36.7 Å². The number of benzene rings is 2. The van der Waals surface area contributed by atoms with Crippen molar-refractivity contribution < 1.29 is 14.6 Å². The summed E-state index contributed by atoms with van der Waals surface area (Å²) >= 11 is 7.24. The van der Waals surface area contributed by atoms with E-state index >= 15 is 0 Å². The van der Waals surface area contributed by atoms with E-state index in [4.69, 9.17) is 16.3 Å². The summed E-state index contributed by atoms with van der Waals surface area (Å²) in [6.07, 6.45) is 4.53. The Morgan fingerprint density at radius 2 is 2.00 bits per heavy atom. The number of carbonyl (C=O) groups excluding carboxylic acids is 1. The molecule has 0 unspecified atom stereocenters. The van der Waals surface area contributed by atoms with Gasteiger partial charge in [-0.15, -0.1) is 11.3 Å². The minimum atomic E-state index is -0.578. The number of carbonyl (C=O) groups is 1. The fraction of sp³-hybridized carbons (Fsp3) is 0.167. The molecule has 1 aliphatic rings. The van der Waals surface area contributed by atoms with Gasteiger partial charge in [-0.05, 0) is 49.2 Å². The molecule has 0 spiro atoms. The van der Waals surface area contributed by atoms with Crippen molar-refractivity contribution in [2.75, 3.05) is 11.9 Å². The molecule has 2 heterocycles. The Morgan fingerprint density at radius 1 is 1.23 bits per heavy atom. The van der Waals surface area contributed by atoms with Gasteiger partial charge in [0.15, 0.2) is 0 Å². The van der Waals surface area contributed by atoms with Crippen molar-refractivity contribution >= 4 is 63.1 Å². The monoisotopic (exact) mass is 452 g/mol. The average Bonchev–Trinajstić information content (AvgIpc) is 3.31. The van der Waals surface area contributed by atoms with Crippen LogP contribution in [0.2, 0.25) is 5.02 Å². The SMILES string of the molecule is CCOC(=O)c1c(Nc2ccc(Cl)cc2)sc(C=C2C=Nc3c(CC)cccc32)c1O. The highest BCUT2D eigenvalue weighted by molar-refractivity contribution is 7.18. The third-order valence-corrected chi connectivity index (χ3v) is 6.22. The molecule has 0 saturated carbocycles. The van der Waals surface area contributed by atoms with Gasteiger partial charge in [-0.25, -0.2) is 4.79 Å². The number of hydrogen-bond donors (Lipinski definition) is 2. The summed E-state index contributed by atoms with van der Waals surface area (Å²) in [5.74, 6) is -0.688. The molecule has 0 radical (unpaired) electrons. The number of ether oxygens (including phenoxy) is 1. The number of nitrogens with one attached hydrogen (secondary N) is 1. The van der Waals surface area contributed by atoms with Crippen molar-refractivity contribution in [2.24, 2.45) is 4.99 Å². The average molecular weight is 453 g/mol. The van der Waals surface area contributed by atoms with Gasteiger partial charge in [0.2, 0.25) is 0 Å². The van der Waals surface area contributed by atoms with Crippen LogP contribution in [0.15, 0.2) is 47.5 Å². The van der Waals surface area contributed by atoms with Crippen LogP contribution in [0.1, 0.15) is 40.2 Å². The summed E-state index contributed by atoms with van der Waals surface area (Å²) < 4.78 is 5.18. The molecule has 1 aromatic heterocycles. The zero-order valence-electron chi connectivity index (χ0n) is 17.1. The zero-order chi connectivity index (χ0) is 22.0. The van der Waals surface area contributed by atoms with Crippen molar-refractivity contribution in [1.82, 2.24) is 0 Å². The maximum Gasteiger partial charge on any atom is 0.344 e. The zero-order valence-corrected chi connectivity index (χ0v) is 18.7. The van der Waals surface area contributed by atoms with Crippen LogP contribution in [0.4, 0.5) is 16.4 Å². The first kappa shape index (κ1) is 21.2. The first-order valence-corrected chi connectivity index (χ1v) is 11.1. The minimum Gasteiger partial charge on any atom is -0.505 e. The number of nitrogens with zero attached hydrogens (tertiary/aromatic N) is 1. The summed E-state index contributed by atoms with van der Waals surface area (Å²) in [5.41, 5.74) is 4.89. The molecule has 3 aromatic rings. The van der Waals surface area contributed by atoms with E-state index < -0.39 is 5.97 Å². The van der Waals surface area contributed by atoms with E-state index in [1.54, 1.807) is 37.4 Å². The fourth-order valence-corrected chi connectivity index (χ4v) is 4.59. The topological polar surface area (TPSA) is 70.9 Å². The lowest BCUT2D eigenvalue weighted by Crippen LogP contribution is -2.06. The van der Waals surface area contributed by atoms with Gasteiger partial charge in [0.05, 0.1) is 17.2 Å². The Hall–Kier alpha value is -3.09. The normalized spacial score (nSPS) is 13.5. The number of esters is 1. The molecule has 2 N–H and O–H groups in total. The van der Waals surface area contributed by atoms with Gasteiger partial charge >= 0.3 is 5.97 Å². The van der Waals surface area contributed by atoms with Gasteiger partial charge in [0.25, 0.3) is 0 Å². The second-order valence-electron chi connectivity index (χ2n) is 6.90. The first-order valence-electron chi connectivity index (χ1n) is 9.95. The van der Waals surface area contributed by atoms with Crippen LogP contribution in [-0.2, 0) is 11.2 Å². The Bertz CT molecular complexity index is 1200. The van der Waals surface area contributed by atoms with E-state index in [1.165, 1.54) is 16.9 Å². The van der Waals surface area contributed by atoms with Gasteiger partial charge in [-0.2, -0.15) is 0 Å². The lowest BCUT2D eigenvalue weighted by atomic mass is 10.0. The molecule has 2 aromatic carbocycles. The Balaban J connectivity index is 1.76. The molecule has 7 heteroatoms. The summed E-state index contributed by atoms with van der Waals surface area (Å²) in [6.45, 7) is 4.04. The largest absolute Gasteiger partial charge is 0.505 e. The maximum atomic E-state index is 12.6. The highest BCUT2D eigenvalue weighted by atomic mass is 35.5. The van der Waals surface area contributed by atoms with Crippen LogP contribution >= 0.6 is 22.9 Å². The lowest BCUT2D eigenvalue weighted by Gasteiger charge is -2.07. The van der Waals surface area contributed by atoms with E-state index in [2.05, 4.69) is 23.3 Å². The molecule has 1 aliphatic heterocycles. The summed E-state index contributed by atoms with van der Waals surface area (Å²) in [6, 6.07) is 13.2. The predicted molar refractivity (Wildman–Crippen MR) is 129 cm³/mol. The predicted octanol–water partition coefficient (Wildman–Crippen LogP) is 6.85. The van der Waals surface area contributed by atoms with Crippen molar-refractivity contribution in [3.05, 3.63) is 69.1 Å². The van der Waals surface area contributed by atoms with Gasteiger partial charge in [0, 0.05) is 28.1 Å². The van der Waals surface area contributed by atoms with Crippen LogP contribution < -0.4 is 5.32 Å². The molecule has 158 valence electrons. The summed E-state index contributed by atoms with van der Waals surface area (Å²) in [7, 11) is 0. The number of aryl methyl sites for hydroxylation is 1. The molecule has 0 atom stereocenters. The van der Waals surface area contributed by atoms with Crippen molar-refractivity contribution in [3.63, 3.8) is 0 Å². The quantitative estimate of drug-likeness (QED) is 0.401. The maximum absolute atomic E-state index is 12.6. The number of aliphatic imine (C=N–C) groups is 1. The minimum absolute atomic E-state index is 0.110. The molecular formula is C24H21ClN2O3S. The molecule has 31 heavy (non-hydrogen) atoms. The highest BCUT2D eigenvalue weighted by Gasteiger charge is 2.25. The van der Waals surface area contributed by atoms with Crippen LogP contribution in [0.25, 0.3) is 11.6 Å². The molecule has 5 nitrogen and oxygen atoms in total. The Morgan fingerprint density at radius 3 is 2.71 bits per heavy atom. The number of thiophene rings is 1. The third-order valence-electron chi connectivity index (χ3n) is 4.92. The molecule has 0 fully saturated rings. The number of hydrogen-bond acceptors (Lipinski definition) is 6. The smallest absolute Gasteiger partial charge is 0.344 e. The van der Waals surface area contributed by atoms with E-state index in [1.807, 2.05) is 18.2 Å². The van der Waals surface area contributed by atoms with E-state index in [-0.39, 0.29) is 17.9 Å². The summed E-state index contributed by atoms with van der Waals surface area (Å²) in [5, 5.41) is 15.2. The number of rotatable bonds is 6. The van der Waals surface area contributed by atoms with Crippen molar-refractivity contribution in [2.45, 2.75) is 20.3 Å². The number of allylic oxidation sites excluding steroid dienone is 1. The fourth-order valence-electron chi connectivity index (χ4n) is 3.40. The molecule has 0 amide bonds. The van der Waals surface area contributed by atoms with Gasteiger partial charge < -0.3 is 15.2 Å². The Labute approximate surface area is 189 Å². The number of aromatic hydroxyl groups is 1. The van der Waals surface area contributed by atoms with Crippen LogP contribution in [0.3, 0.4) is 0 Å². The number of anilines is 2. The summed E-state index contributed by atoms with van der Waals surface area (Å²) in [4.78, 5) is 17.7. The number of halogens is 1. The van der Waals surface area contributed by atoms with Crippen molar-refractivity contribution in [1.29, 1.82) is 0 Å². The second-order valence-corrected chi connectivity index (χ2v) is 8.38. The van der Waals surface area contributed by atoms with Crippen LogP contribution in [0.5, 0.6) is 5.75 Å². The Kier molecular flexibility index (Phi) is 6.11.